The van der Waals surface area contributed by atoms with Crippen molar-refractivity contribution in [2.45, 2.75) is 45.1 Å². The van der Waals surface area contributed by atoms with Crippen LogP contribution < -0.4 is 10.6 Å². The first-order valence-electron chi connectivity index (χ1n) is 6.84. The van der Waals surface area contributed by atoms with Gasteiger partial charge in [0.05, 0.1) is 11.8 Å². The van der Waals surface area contributed by atoms with Crippen LogP contribution in [0.15, 0.2) is 17.4 Å². The Morgan fingerprint density at radius 2 is 2.42 bits per heavy atom. The molecule has 2 heterocycles. The standard InChI is InChI=1S/C13H21N5O/c1-2-5-10-6-3-4-9-18(10)13-11(12(14)17-19)7-8-15-16-13/h7-8,10,19H,2-6,9H2,1H3,(H2,14,17). The van der Waals surface area contributed by atoms with Crippen molar-refractivity contribution in [3.8, 4) is 0 Å². The number of rotatable bonds is 4. The van der Waals surface area contributed by atoms with Crippen LogP contribution in [-0.2, 0) is 0 Å². The maximum Gasteiger partial charge on any atom is 0.173 e. The first-order valence-corrected chi connectivity index (χ1v) is 6.84. The molecule has 1 unspecified atom stereocenters. The summed E-state index contributed by atoms with van der Waals surface area (Å²) >= 11 is 0. The van der Waals surface area contributed by atoms with Crippen LogP contribution in [-0.4, -0.2) is 33.8 Å². The minimum Gasteiger partial charge on any atom is -0.409 e. The average molecular weight is 263 g/mol. The minimum absolute atomic E-state index is 0.0886. The molecule has 6 nitrogen and oxygen atoms in total. The molecule has 0 aliphatic carbocycles. The van der Waals surface area contributed by atoms with Gasteiger partial charge in [-0.05, 0) is 31.7 Å². The van der Waals surface area contributed by atoms with Crippen molar-refractivity contribution in [2.24, 2.45) is 10.9 Å². The fourth-order valence-corrected chi connectivity index (χ4v) is 2.70. The number of oxime groups is 1. The van der Waals surface area contributed by atoms with Crippen LogP contribution >= 0.6 is 0 Å². The van der Waals surface area contributed by atoms with Gasteiger partial charge in [0.25, 0.3) is 0 Å². The van der Waals surface area contributed by atoms with Crippen LogP contribution in [0.2, 0.25) is 0 Å². The van der Waals surface area contributed by atoms with Crippen LogP contribution in [0, 0.1) is 0 Å². The second-order valence-electron chi connectivity index (χ2n) is 4.89. The fourth-order valence-electron chi connectivity index (χ4n) is 2.70. The van der Waals surface area contributed by atoms with Crippen molar-refractivity contribution in [2.75, 3.05) is 11.4 Å². The Kier molecular flexibility index (Phi) is 4.54. The highest BCUT2D eigenvalue weighted by atomic mass is 16.4. The molecule has 0 saturated carbocycles. The van der Waals surface area contributed by atoms with E-state index in [0.717, 1.165) is 31.6 Å². The molecular weight excluding hydrogens is 242 g/mol. The second kappa shape index (κ2) is 6.36. The summed E-state index contributed by atoms with van der Waals surface area (Å²) in [6.45, 7) is 3.14. The lowest BCUT2D eigenvalue weighted by atomic mass is 9.97. The van der Waals surface area contributed by atoms with Gasteiger partial charge in [-0.1, -0.05) is 18.5 Å². The van der Waals surface area contributed by atoms with E-state index in [1.165, 1.54) is 12.8 Å². The Labute approximate surface area is 113 Å². The van der Waals surface area contributed by atoms with Gasteiger partial charge in [-0.3, -0.25) is 0 Å². The predicted molar refractivity (Wildman–Crippen MR) is 74.4 cm³/mol. The quantitative estimate of drug-likeness (QED) is 0.374. The Hall–Kier alpha value is -1.85. The SMILES string of the molecule is CCCC1CCCCN1c1nnccc1/C(N)=N/O. The number of nitrogens with zero attached hydrogens (tertiary/aromatic N) is 4. The normalized spacial score (nSPS) is 20.6. The van der Waals surface area contributed by atoms with Crippen molar-refractivity contribution in [1.29, 1.82) is 0 Å². The minimum atomic E-state index is 0.0886. The zero-order chi connectivity index (χ0) is 13.7. The summed E-state index contributed by atoms with van der Waals surface area (Å²) < 4.78 is 0. The number of amidine groups is 1. The van der Waals surface area contributed by atoms with E-state index in [1.54, 1.807) is 12.3 Å². The number of piperidine rings is 1. The van der Waals surface area contributed by atoms with Gasteiger partial charge < -0.3 is 15.8 Å². The second-order valence-corrected chi connectivity index (χ2v) is 4.89. The van der Waals surface area contributed by atoms with Crippen molar-refractivity contribution < 1.29 is 5.21 Å². The molecule has 0 aromatic carbocycles. The molecule has 1 aliphatic heterocycles. The van der Waals surface area contributed by atoms with Gasteiger partial charge in [0, 0.05) is 12.6 Å². The molecule has 0 amide bonds. The van der Waals surface area contributed by atoms with E-state index in [4.69, 9.17) is 10.9 Å². The van der Waals surface area contributed by atoms with Crippen LogP contribution in [0.1, 0.15) is 44.6 Å². The summed E-state index contributed by atoms with van der Waals surface area (Å²) in [5.74, 6) is 0.821. The van der Waals surface area contributed by atoms with Gasteiger partial charge in [-0.2, -0.15) is 5.10 Å². The van der Waals surface area contributed by atoms with E-state index in [1.807, 2.05) is 0 Å². The molecule has 1 atom stereocenters. The molecule has 1 saturated heterocycles. The van der Waals surface area contributed by atoms with Gasteiger partial charge in [-0.25, -0.2) is 0 Å². The predicted octanol–water partition coefficient (Wildman–Crippen LogP) is 1.73. The zero-order valence-corrected chi connectivity index (χ0v) is 11.3. The Bertz CT molecular complexity index is 446. The summed E-state index contributed by atoms with van der Waals surface area (Å²) in [6, 6.07) is 2.22. The molecule has 1 aromatic heterocycles. The molecule has 0 bridgehead atoms. The maximum atomic E-state index is 8.88. The van der Waals surface area contributed by atoms with Crippen LogP contribution in [0.3, 0.4) is 0 Å². The third kappa shape index (κ3) is 2.94. The lowest BCUT2D eigenvalue weighted by Crippen LogP contribution is -2.41. The molecule has 1 aromatic rings. The smallest absolute Gasteiger partial charge is 0.173 e. The summed E-state index contributed by atoms with van der Waals surface area (Å²) in [4.78, 5) is 2.26. The first kappa shape index (κ1) is 13.6. The van der Waals surface area contributed by atoms with Gasteiger partial charge in [0.2, 0.25) is 0 Å². The highest BCUT2D eigenvalue weighted by Crippen LogP contribution is 2.27. The van der Waals surface area contributed by atoms with E-state index in [0.29, 0.717) is 11.6 Å². The molecule has 3 N–H and O–H groups in total. The Morgan fingerprint density at radius 3 is 3.16 bits per heavy atom. The molecule has 1 fully saturated rings. The van der Waals surface area contributed by atoms with Crippen molar-refractivity contribution in [1.82, 2.24) is 10.2 Å². The highest BCUT2D eigenvalue weighted by Gasteiger charge is 2.25. The van der Waals surface area contributed by atoms with E-state index in [9.17, 15) is 0 Å². The summed E-state index contributed by atoms with van der Waals surface area (Å²) in [5, 5.41) is 20.1. The Balaban J connectivity index is 2.33. The van der Waals surface area contributed by atoms with Crippen LogP contribution in [0.25, 0.3) is 0 Å². The van der Waals surface area contributed by atoms with Gasteiger partial charge in [0.1, 0.15) is 0 Å². The van der Waals surface area contributed by atoms with Crippen molar-refractivity contribution >= 4 is 11.7 Å². The fraction of sp³-hybridized carbons (Fsp3) is 0.615. The van der Waals surface area contributed by atoms with E-state index in [2.05, 4.69) is 27.2 Å². The Morgan fingerprint density at radius 1 is 1.58 bits per heavy atom. The van der Waals surface area contributed by atoms with Crippen LogP contribution in [0.5, 0.6) is 0 Å². The summed E-state index contributed by atoms with van der Waals surface area (Å²) in [7, 11) is 0. The largest absolute Gasteiger partial charge is 0.409 e. The first-order chi connectivity index (χ1) is 9.27. The number of aromatic nitrogens is 2. The highest BCUT2D eigenvalue weighted by molar-refractivity contribution is 6.01. The monoisotopic (exact) mass is 263 g/mol. The number of anilines is 1. The molecule has 0 radical (unpaired) electrons. The molecular formula is C13H21N5O. The average Bonchev–Trinajstić information content (AvgIpc) is 2.47. The third-order valence-corrected chi connectivity index (χ3v) is 3.61. The molecule has 19 heavy (non-hydrogen) atoms. The topological polar surface area (TPSA) is 87.6 Å². The van der Waals surface area contributed by atoms with Gasteiger partial charge >= 0.3 is 0 Å². The zero-order valence-electron chi connectivity index (χ0n) is 11.3. The maximum absolute atomic E-state index is 8.88. The number of hydrogen-bond acceptors (Lipinski definition) is 5. The number of hydrogen-bond donors (Lipinski definition) is 2. The molecule has 2 rings (SSSR count). The van der Waals surface area contributed by atoms with Gasteiger partial charge in [-0.15, -0.1) is 5.10 Å². The van der Waals surface area contributed by atoms with E-state index < -0.39 is 0 Å². The van der Waals surface area contributed by atoms with E-state index in [-0.39, 0.29) is 5.84 Å². The number of nitrogens with two attached hydrogens (primary N) is 1. The molecule has 6 heteroatoms. The van der Waals surface area contributed by atoms with E-state index >= 15 is 0 Å². The van der Waals surface area contributed by atoms with Gasteiger partial charge in [0.15, 0.2) is 11.7 Å². The molecule has 104 valence electrons. The summed E-state index contributed by atoms with van der Waals surface area (Å²) in [6.07, 6.45) is 7.40. The van der Waals surface area contributed by atoms with Crippen molar-refractivity contribution in [3.63, 3.8) is 0 Å². The van der Waals surface area contributed by atoms with Crippen molar-refractivity contribution in [3.05, 3.63) is 17.8 Å². The lowest BCUT2D eigenvalue weighted by molar-refractivity contribution is 0.318. The molecule has 1 aliphatic rings. The summed E-state index contributed by atoms with van der Waals surface area (Å²) in [5.41, 5.74) is 6.38. The molecule has 0 spiro atoms. The third-order valence-electron chi connectivity index (χ3n) is 3.61. The lowest BCUT2D eigenvalue weighted by Gasteiger charge is -2.37. The van der Waals surface area contributed by atoms with Crippen LogP contribution in [0.4, 0.5) is 5.82 Å².